The SMILES string of the molecule is C(=Cc1ccccc1Oc1ccccc1C=Cc1ccccc1)c1ccccc1.O=P(O)(O)O. The van der Waals surface area contributed by atoms with Crippen LogP contribution in [0.2, 0.25) is 0 Å². The Morgan fingerprint density at radius 2 is 0.824 bits per heavy atom. The molecule has 6 heteroatoms. The van der Waals surface area contributed by atoms with E-state index >= 15 is 0 Å². The van der Waals surface area contributed by atoms with Gasteiger partial charge in [-0.1, -0.05) is 121 Å². The fraction of sp³-hybridized carbons (Fsp3) is 0. The Labute approximate surface area is 199 Å². The molecule has 0 aliphatic carbocycles. The largest absolute Gasteiger partial charge is 0.466 e. The zero-order valence-corrected chi connectivity index (χ0v) is 19.2. The van der Waals surface area contributed by atoms with Crippen LogP contribution in [0.1, 0.15) is 22.3 Å². The Morgan fingerprint density at radius 3 is 1.21 bits per heavy atom. The first-order valence-corrected chi connectivity index (χ1v) is 12.1. The molecule has 34 heavy (non-hydrogen) atoms. The minimum absolute atomic E-state index is 0.834. The normalized spacial score (nSPS) is 11.3. The molecule has 0 heterocycles. The summed E-state index contributed by atoms with van der Waals surface area (Å²) < 4.78 is 15.2. The van der Waals surface area contributed by atoms with Crippen molar-refractivity contribution in [1.82, 2.24) is 0 Å². The van der Waals surface area contributed by atoms with Gasteiger partial charge in [0, 0.05) is 11.1 Å². The van der Waals surface area contributed by atoms with E-state index in [1.54, 1.807) is 0 Å². The van der Waals surface area contributed by atoms with Crippen LogP contribution in [0.25, 0.3) is 24.3 Å². The van der Waals surface area contributed by atoms with Crippen molar-refractivity contribution in [2.24, 2.45) is 0 Å². The number of ether oxygens (including phenoxy) is 1. The summed E-state index contributed by atoms with van der Waals surface area (Å²) >= 11 is 0. The van der Waals surface area contributed by atoms with Crippen molar-refractivity contribution >= 4 is 32.1 Å². The number of hydrogen-bond acceptors (Lipinski definition) is 2. The van der Waals surface area contributed by atoms with Gasteiger partial charge < -0.3 is 19.4 Å². The first-order chi connectivity index (χ1) is 16.4. The molecule has 0 unspecified atom stereocenters. The van der Waals surface area contributed by atoms with Gasteiger partial charge in [0.15, 0.2) is 0 Å². The van der Waals surface area contributed by atoms with Crippen LogP contribution < -0.4 is 4.74 Å². The first-order valence-electron chi connectivity index (χ1n) is 10.5. The molecule has 0 bridgehead atoms. The van der Waals surface area contributed by atoms with Crippen LogP contribution in [0.15, 0.2) is 109 Å². The van der Waals surface area contributed by atoms with Crippen LogP contribution in [0, 0.1) is 0 Å². The second kappa shape index (κ2) is 12.5. The molecule has 0 atom stereocenters. The van der Waals surface area contributed by atoms with Gasteiger partial charge in [-0.3, -0.25) is 0 Å². The molecule has 0 spiro atoms. The van der Waals surface area contributed by atoms with Gasteiger partial charge in [0.05, 0.1) is 0 Å². The zero-order valence-electron chi connectivity index (χ0n) is 18.3. The predicted molar refractivity (Wildman–Crippen MR) is 138 cm³/mol. The van der Waals surface area contributed by atoms with Gasteiger partial charge in [-0.25, -0.2) is 4.57 Å². The molecule has 0 aromatic heterocycles. The highest BCUT2D eigenvalue weighted by Crippen LogP contribution is 2.30. The van der Waals surface area contributed by atoms with Crippen LogP contribution in [-0.4, -0.2) is 14.7 Å². The maximum absolute atomic E-state index is 8.88. The summed E-state index contributed by atoms with van der Waals surface area (Å²) in [6.07, 6.45) is 8.38. The molecule has 4 aromatic carbocycles. The van der Waals surface area contributed by atoms with Gasteiger partial charge in [-0.05, 0) is 23.3 Å². The molecule has 0 saturated heterocycles. The molecular formula is C28H25O5P. The molecule has 0 fully saturated rings. The number of benzene rings is 4. The topological polar surface area (TPSA) is 87.0 Å². The molecular weight excluding hydrogens is 447 g/mol. The van der Waals surface area contributed by atoms with Crippen LogP contribution in [0.4, 0.5) is 0 Å². The molecule has 172 valence electrons. The van der Waals surface area contributed by atoms with E-state index in [9.17, 15) is 0 Å². The Hall–Kier alpha value is -3.73. The third-order valence-corrected chi connectivity index (χ3v) is 4.57. The summed E-state index contributed by atoms with van der Waals surface area (Å²) in [4.78, 5) is 21.6. The number of para-hydroxylation sites is 2. The fourth-order valence-corrected chi connectivity index (χ4v) is 3.04. The highest BCUT2D eigenvalue weighted by atomic mass is 31.2. The van der Waals surface area contributed by atoms with Crippen molar-refractivity contribution in [1.29, 1.82) is 0 Å². The second-order valence-electron chi connectivity index (χ2n) is 7.18. The Bertz CT molecular complexity index is 1180. The van der Waals surface area contributed by atoms with E-state index in [1.807, 2.05) is 72.8 Å². The van der Waals surface area contributed by atoms with Crippen molar-refractivity contribution in [3.63, 3.8) is 0 Å². The number of hydrogen-bond donors (Lipinski definition) is 3. The number of phosphoric acid groups is 1. The van der Waals surface area contributed by atoms with Crippen molar-refractivity contribution in [2.45, 2.75) is 0 Å². The lowest BCUT2D eigenvalue weighted by atomic mass is 10.1. The summed E-state index contributed by atoms with van der Waals surface area (Å²) in [7, 11) is -4.64. The molecule has 3 N–H and O–H groups in total. The average molecular weight is 472 g/mol. The Morgan fingerprint density at radius 1 is 0.500 bits per heavy atom. The highest BCUT2D eigenvalue weighted by molar-refractivity contribution is 7.45. The minimum Gasteiger partial charge on any atom is -0.456 e. The van der Waals surface area contributed by atoms with E-state index in [-0.39, 0.29) is 0 Å². The van der Waals surface area contributed by atoms with E-state index in [0.717, 1.165) is 33.8 Å². The molecule has 5 nitrogen and oxygen atoms in total. The maximum Gasteiger partial charge on any atom is 0.466 e. The van der Waals surface area contributed by atoms with Gasteiger partial charge in [-0.15, -0.1) is 0 Å². The van der Waals surface area contributed by atoms with Crippen LogP contribution in [-0.2, 0) is 4.57 Å². The molecule has 4 aromatic rings. The summed E-state index contributed by atoms with van der Waals surface area (Å²) in [6, 6.07) is 36.7. The average Bonchev–Trinajstić information content (AvgIpc) is 2.83. The third-order valence-electron chi connectivity index (χ3n) is 4.57. The monoisotopic (exact) mass is 472 g/mol. The second-order valence-corrected chi connectivity index (χ2v) is 8.21. The standard InChI is InChI=1S/C28H22O.H3O4P/c1-3-11-23(12-4-1)19-21-25-15-7-9-17-27(25)29-28-18-10-8-16-26(28)22-20-24-13-5-2-6-14-24;1-5(2,3)4/h1-22H;(H3,1,2,3,4). The van der Waals surface area contributed by atoms with Crippen molar-refractivity contribution in [3.05, 3.63) is 131 Å². The van der Waals surface area contributed by atoms with Crippen molar-refractivity contribution in [3.8, 4) is 11.5 Å². The van der Waals surface area contributed by atoms with Gasteiger partial charge in [0.25, 0.3) is 0 Å². The lowest BCUT2D eigenvalue weighted by Gasteiger charge is -2.11. The van der Waals surface area contributed by atoms with E-state index < -0.39 is 7.82 Å². The molecule has 0 amide bonds. The van der Waals surface area contributed by atoms with E-state index in [2.05, 4.69) is 60.7 Å². The quantitative estimate of drug-likeness (QED) is 0.210. The molecule has 0 saturated carbocycles. The lowest BCUT2D eigenvalue weighted by Crippen LogP contribution is -1.89. The molecule has 0 radical (unpaired) electrons. The van der Waals surface area contributed by atoms with Crippen LogP contribution in [0.3, 0.4) is 0 Å². The smallest absolute Gasteiger partial charge is 0.456 e. The maximum atomic E-state index is 8.88. The van der Waals surface area contributed by atoms with Gasteiger partial charge in [-0.2, -0.15) is 0 Å². The number of rotatable bonds is 6. The highest BCUT2D eigenvalue weighted by Gasteiger charge is 2.05. The van der Waals surface area contributed by atoms with E-state index in [0.29, 0.717) is 0 Å². The van der Waals surface area contributed by atoms with Crippen molar-refractivity contribution in [2.75, 3.05) is 0 Å². The fourth-order valence-electron chi connectivity index (χ4n) is 3.04. The summed E-state index contributed by atoms with van der Waals surface area (Å²) in [5, 5.41) is 0. The van der Waals surface area contributed by atoms with Gasteiger partial charge >= 0.3 is 7.82 Å². The third kappa shape index (κ3) is 9.02. The van der Waals surface area contributed by atoms with E-state index in [1.165, 1.54) is 0 Å². The van der Waals surface area contributed by atoms with Gasteiger partial charge in [0.1, 0.15) is 11.5 Å². The Kier molecular flexibility index (Phi) is 9.15. The first kappa shape index (κ1) is 24.9. The zero-order chi connectivity index (χ0) is 24.2. The minimum atomic E-state index is -4.64. The Balaban J connectivity index is 0.000000588. The van der Waals surface area contributed by atoms with Crippen molar-refractivity contribution < 1.29 is 24.0 Å². The van der Waals surface area contributed by atoms with Crippen LogP contribution in [0.5, 0.6) is 11.5 Å². The predicted octanol–water partition coefficient (Wildman–Crippen LogP) is 6.89. The summed E-state index contributed by atoms with van der Waals surface area (Å²) in [6.45, 7) is 0. The lowest BCUT2D eigenvalue weighted by molar-refractivity contribution is 0.275. The molecule has 4 rings (SSSR count). The van der Waals surface area contributed by atoms with Crippen LogP contribution >= 0.6 is 7.82 Å². The van der Waals surface area contributed by atoms with E-state index in [4.69, 9.17) is 24.0 Å². The molecule has 0 aliphatic rings. The van der Waals surface area contributed by atoms with Gasteiger partial charge in [0.2, 0.25) is 0 Å². The summed E-state index contributed by atoms with van der Waals surface area (Å²) in [5.41, 5.74) is 4.40. The molecule has 0 aliphatic heterocycles. The summed E-state index contributed by atoms with van der Waals surface area (Å²) in [5.74, 6) is 1.67.